The number of benzene rings is 2. The van der Waals surface area contributed by atoms with E-state index in [1.165, 1.54) is 0 Å². The number of nitrogens with one attached hydrogen (secondary N) is 1. The summed E-state index contributed by atoms with van der Waals surface area (Å²) >= 11 is 12.7. The molecule has 0 radical (unpaired) electrons. The molecule has 1 atom stereocenters. The summed E-state index contributed by atoms with van der Waals surface area (Å²) in [5.41, 5.74) is 4.22. The number of hydrogen-bond donors (Lipinski definition) is 1. The van der Waals surface area contributed by atoms with E-state index < -0.39 is 6.04 Å². The number of ether oxygens (including phenoxy) is 1. The normalized spacial score (nSPS) is 15.5. The molecule has 0 saturated heterocycles. The number of carbonyl (C=O) groups is 1. The molecule has 0 amide bonds. The fourth-order valence-corrected chi connectivity index (χ4v) is 4.24. The Kier molecular flexibility index (Phi) is 7.76. The van der Waals surface area contributed by atoms with Gasteiger partial charge in [-0.25, -0.2) is 4.98 Å². The van der Waals surface area contributed by atoms with Gasteiger partial charge in [-0.3, -0.25) is 9.79 Å². The van der Waals surface area contributed by atoms with Gasteiger partial charge in [0.1, 0.15) is 11.9 Å². The van der Waals surface area contributed by atoms with Gasteiger partial charge >= 0.3 is 0 Å². The van der Waals surface area contributed by atoms with Gasteiger partial charge in [0.05, 0.1) is 5.71 Å². The first kappa shape index (κ1) is 23.4. The van der Waals surface area contributed by atoms with Crippen LogP contribution in [0.15, 0.2) is 65.8 Å². The number of ketones is 1. The number of Topliss-reactive ketones (excluding diaryl/α,β-unsaturated/α-hetero) is 1. The van der Waals surface area contributed by atoms with Crippen molar-refractivity contribution >= 4 is 40.5 Å². The summed E-state index contributed by atoms with van der Waals surface area (Å²) in [7, 11) is 1.69. The Labute approximate surface area is 203 Å². The van der Waals surface area contributed by atoms with Gasteiger partial charge in [-0.1, -0.05) is 47.5 Å². The second-order valence-electron chi connectivity index (χ2n) is 7.94. The summed E-state index contributed by atoms with van der Waals surface area (Å²) in [5, 5.41) is 4.52. The number of hydrogen-bond acceptors (Lipinski definition) is 5. The molecule has 1 unspecified atom stereocenters. The lowest BCUT2D eigenvalue weighted by molar-refractivity contribution is -0.119. The topological polar surface area (TPSA) is 63.6 Å². The number of fused-ring (bicyclic) bond motifs is 1. The van der Waals surface area contributed by atoms with Gasteiger partial charge in [0.15, 0.2) is 5.78 Å². The van der Waals surface area contributed by atoms with Crippen molar-refractivity contribution in [2.24, 2.45) is 4.99 Å². The van der Waals surface area contributed by atoms with E-state index in [0.717, 1.165) is 41.0 Å². The van der Waals surface area contributed by atoms with E-state index >= 15 is 0 Å². The zero-order valence-corrected chi connectivity index (χ0v) is 19.9. The summed E-state index contributed by atoms with van der Waals surface area (Å²) in [5.74, 6) is 0.831. The molecular formula is C26H25Cl2N3O2. The van der Waals surface area contributed by atoms with Crippen LogP contribution in [0.1, 0.15) is 28.7 Å². The van der Waals surface area contributed by atoms with Crippen molar-refractivity contribution in [2.45, 2.75) is 25.3 Å². The smallest absolute Gasteiger partial charge is 0.162 e. The molecule has 0 aliphatic carbocycles. The molecule has 1 aliphatic rings. The summed E-state index contributed by atoms with van der Waals surface area (Å²) in [4.78, 5) is 22.6. The molecule has 0 spiro atoms. The fourth-order valence-electron chi connectivity index (χ4n) is 3.86. The molecule has 0 bridgehead atoms. The van der Waals surface area contributed by atoms with Crippen LogP contribution in [0.2, 0.25) is 10.0 Å². The van der Waals surface area contributed by atoms with Crippen molar-refractivity contribution in [1.82, 2.24) is 4.98 Å². The third kappa shape index (κ3) is 5.80. The number of carbonyl (C=O) groups excluding carboxylic acids is 1. The molecule has 2 aromatic carbocycles. The van der Waals surface area contributed by atoms with E-state index in [2.05, 4.69) is 10.3 Å². The zero-order valence-electron chi connectivity index (χ0n) is 18.4. The van der Waals surface area contributed by atoms with E-state index in [4.69, 9.17) is 32.9 Å². The molecule has 0 saturated carbocycles. The van der Waals surface area contributed by atoms with Crippen molar-refractivity contribution in [3.8, 4) is 0 Å². The van der Waals surface area contributed by atoms with Crippen LogP contribution in [-0.2, 0) is 22.4 Å². The maximum absolute atomic E-state index is 13.2. The van der Waals surface area contributed by atoms with Crippen molar-refractivity contribution in [2.75, 3.05) is 25.6 Å². The summed E-state index contributed by atoms with van der Waals surface area (Å²) < 4.78 is 5.08. The number of aromatic nitrogens is 1. The predicted molar refractivity (Wildman–Crippen MR) is 134 cm³/mol. The van der Waals surface area contributed by atoms with Crippen molar-refractivity contribution in [1.29, 1.82) is 0 Å². The molecule has 7 heteroatoms. The Morgan fingerprint density at radius 2 is 1.97 bits per heavy atom. The first-order chi connectivity index (χ1) is 16.0. The monoisotopic (exact) mass is 481 g/mol. The van der Waals surface area contributed by atoms with E-state index in [1.807, 2.05) is 54.6 Å². The first-order valence-corrected chi connectivity index (χ1v) is 11.6. The lowest BCUT2D eigenvalue weighted by Gasteiger charge is -2.13. The van der Waals surface area contributed by atoms with Gasteiger partial charge in [-0.15, -0.1) is 0 Å². The van der Waals surface area contributed by atoms with Crippen LogP contribution < -0.4 is 5.32 Å². The SMILES string of the molecule is COCCCNc1ccc(C2=NC(Cc3ccccc3Cl)C(=O)Cc3ccc(Cl)cc32)cn1. The highest BCUT2D eigenvalue weighted by molar-refractivity contribution is 6.32. The van der Waals surface area contributed by atoms with Crippen molar-refractivity contribution < 1.29 is 9.53 Å². The highest BCUT2D eigenvalue weighted by Crippen LogP contribution is 2.27. The molecule has 1 aliphatic heterocycles. The molecule has 1 N–H and O–H groups in total. The summed E-state index contributed by atoms with van der Waals surface area (Å²) in [6, 6.07) is 16.5. The number of nitrogens with zero attached hydrogens (tertiary/aromatic N) is 2. The maximum Gasteiger partial charge on any atom is 0.162 e. The first-order valence-electron chi connectivity index (χ1n) is 10.9. The van der Waals surface area contributed by atoms with Crippen LogP contribution in [0.4, 0.5) is 5.82 Å². The third-order valence-electron chi connectivity index (χ3n) is 5.59. The van der Waals surface area contributed by atoms with E-state index in [0.29, 0.717) is 35.2 Å². The zero-order chi connectivity index (χ0) is 23.2. The lowest BCUT2D eigenvalue weighted by Crippen LogP contribution is -2.23. The average Bonchev–Trinajstić information content (AvgIpc) is 2.95. The number of aliphatic imine (C=N–C) groups is 1. The van der Waals surface area contributed by atoms with Crippen molar-refractivity contribution in [3.05, 3.63) is 93.1 Å². The van der Waals surface area contributed by atoms with Gasteiger partial charge in [0.2, 0.25) is 0 Å². The highest BCUT2D eigenvalue weighted by atomic mass is 35.5. The van der Waals surface area contributed by atoms with Crippen LogP contribution >= 0.6 is 23.2 Å². The highest BCUT2D eigenvalue weighted by Gasteiger charge is 2.27. The van der Waals surface area contributed by atoms with Gasteiger partial charge in [-0.05, 0) is 47.9 Å². The third-order valence-corrected chi connectivity index (χ3v) is 6.19. The van der Waals surface area contributed by atoms with Crippen LogP contribution in [0.3, 0.4) is 0 Å². The molecule has 3 aromatic rings. The van der Waals surface area contributed by atoms with Gasteiger partial charge < -0.3 is 10.1 Å². The molecule has 170 valence electrons. The van der Waals surface area contributed by atoms with Crippen LogP contribution in [-0.4, -0.2) is 42.8 Å². The second-order valence-corrected chi connectivity index (χ2v) is 8.78. The largest absolute Gasteiger partial charge is 0.385 e. The Morgan fingerprint density at radius 1 is 1.12 bits per heavy atom. The molecule has 2 heterocycles. The molecule has 1 aromatic heterocycles. The van der Waals surface area contributed by atoms with Crippen LogP contribution in [0, 0.1) is 0 Å². The summed E-state index contributed by atoms with van der Waals surface area (Å²) in [6.07, 6.45) is 3.41. The number of halogens is 2. The minimum Gasteiger partial charge on any atom is -0.385 e. The Morgan fingerprint density at radius 3 is 2.73 bits per heavy atom. The number of anilines is 1. The minimum absolute atomic E-state index is 0.0536. The van der Waals surface area contributed by atoms with Crippen LogP contribution in [0.5, 0.6) is 0 Å². The van der Waals surface area contributed by atoms with E-state index in [1.54, 1.807) is 13.3 Å². The Bertz CT molecular complexity index is 1160. The van der Waals surface area contributed by atoms with Crippen LogP contribution in [0.25, 0.3) is 0 Å². The number of rotatable bonds is 8. The molecule has 33 heavy (non-hydrogen) atoms. The fraction of sp³-hybridized carbons (Fsp3) is 0.269. The Hall–Kier alpha value is -2.73. The quantitative estimate of drug-likeness (QED) is 0.436. The second kappa shape index (κ2) is 10.9. The lowest BCUT2D eigenvalue weighted by atomic mass is 9.95. The molecule has 4 rings (SSSR count). The van der Waals surface area contributed by atoms with E-state index in [-0.39, 0.29) is 5.78 Å². The summed E-state index contributed by atoms with van der Waals surface area (Å²) in [6.45, 7) is 1.47. The number of pyridine rings is 1. The molecular weight excluding hydrogens is 457 g/mol. The standard InChI is InChI=1S/C26H25Cl2N3O2/c1-33-12-4-11-29-25-10-8-19(16-30-25)26-21-15-20(27)9-7-17(21)14-24(32)23(31-26)13-18-5-2-3-6-22(18)28/h2-3,5-10,15-16,23H,4,11-14H2,1H3,(H,29,30). The predicted octanol–water partition coefficient (Wildman–Crippen LogP) is 5.41. The van der Waals surface area contributed by atoms with E-state index in [9.17, 15) is 4.79 Å². The van der Waals surface area contributed by atoms with Gasteiger partial charge in [0, 0.05) is 60.5 Å². The van der Waals surface area contributed by atoms with Gasteiger partial charge in [-0.2, -0.15) is 0 Å². The molecule has 0 fully saturated rings. The average molecular weight is 482 g/mol. The Balaban J connectivity index is 1.68. The van der Waals surface area contributed by atoms with Gasteiger partial charge in [0.25, 0.3) is 0 Å². The molecule has 5 nitrogen and oxygen atoms in total. The number of methoxy groups -OCH3 is 1. The minimum atomic E-state index is -0.544. The maximum atomic E-state index is 13.2. The van der Waals surface area contributed by atoms with Crippen molar-refractivity contribution in [3.63, 3.8) is 0 Å².